The third kappa shape index (κ3) is 5.59. The second-order valence-electron chi connectivity index (χ2n) is 11.0. The number of allylic oxidation sites excluding steroid dienone is 1. The van der Waals surface area contributed by atoms with E-state index in [2.05, 4.69) is 70.0 Å². The van der Waals surface area contributed by atoms with Gasteiger partial charge >= 0.3 is 0 Å². The van der Waals surface area contributed by atoms with Gasteiger partial charge in [-0.2, -0.15) is 0 Å². The van der Waals surface area contributed by atoms with E-state index in [1.807, 2.05) is 17.7 Å². The summed E-state index contributed by atoms with van der Waals surface area (Å²) in [6.07, 6.45) is 8.01. The predicted molar refractivity (Wildman–Crippen MR) is 146 cm³/mol. The van der Waals surface area contributed by atoms with Gasteiger partial charge in [0.15, 0.2) is 0 Å². The lowest BCUT2D eigenvalue weighted by Crippen LogP contribution is -2.49. The minimum Gasteiger partial charge on any atom is -0.495 e. The third-order valence-corrected chi connectivity index (χ3v) is 8.27. The second kappa shape index (κ2) is 11.1. The van der Waals surface area contributed by atoms with Crippen molar-refractivity contribution in [2.75, 3.05) is 44.7 Å². The van der Waals surface area contributed by atoms with Crippen molar-refractivity contribution in [3.8, 4) is 17.3 Å². The van der Waals surface area contributed by atoms with Crippen molar-refractivity contribution in [2.24, 2.45) is 30.7 Å². The molecule has 5 rings (SSSR count). The van der Waals surface area contributed by atoms with Crippen molar-refractivity contribution in [3.05, 3.63) is 54.3 Å². The van der Waals surface area contributed by atoms with Gasteiger partial charge < -0.3 is 18.6 Å². The molecule has 3 unspecified atom stereocenters. The minimum atomic E-state index is 0.436. The number of methoxy groups -OCH3 is 1. The molecule has 0 saturated carbocycles. The smallest absolute Gasteiger partial charge is 0.265 e. The fourth-order valence-corrected chi connectivity index (χ4v) is 6.06. The Labute approximate surface area is 220 Å². The summed E-state index contributed by atoms with van der Waals surface area (Å²) in [5.41, 5.74) is 3.50. The average Bonchev–Trinajstić information content (AvgIpc) is 3.54. The molecule has 0 radical (unpaired) electrons. The molecule has 1 aromatic carbocycles. The number of hydrogen-bond donors (Lipinski definition) is 0. The van der Waals surface area contributed by atoms with Gasteiger partial charge in [0.1, 0.15) is 11.4 Å². The van der Waals surface area contributed by atoms with Gasteiger partial charge in [-0.15, -0.1) is 10.2 Å². The van der Waals surface area contributed by atoms with Crippen molar-refractivity contribution in [1.82, 2.24) is 24.6 Å². The van der Waals surface area contributed by atoms with Crippen molar-refractivity contribution in [1.29, 1.82) is 0 Å². The Bertz CT molecular complexity index is 1210. The van der Waals surface area contributed by atoms with E-state index in [1.54, 1.807) is 19.6 Å². The van der Waals surface area contributed by atoms with E-state index in [4.69, 9.17) is 9.15 Å². The molecule has 3 atom stereocenters. The highest BCUT2D eigenvalue weighted by atomic mass is 16.5. The highest BCUT2D eigenvalue weighted by Gasteiger charge is 2.34. The van der Waals surface area contributed by atoms with Gasteiger partial charge in [-0.3, -0.25) is 4.90 Å². The molecular weight excluding hydrogens is 464 g/mol. The summed E-state index contributed by atoms with van der Waals surface area (Å²) < 4.78 is 13.5. The van der Waals surface area contributed by atoms with Crippen molar-refractivity contribution >= 4 is 5.69 Å². The number of ether oxygens (including phenoxy) is 1. The van der Waals surface area contributed by atoms with Gasteiger partial charge in [-0.05, 0) is 49.1 Å². The van der Waals surface area contributed by atoms with Crippen LogP contribution in [0.4, 0.5) is 5.69 Å². The zero-order valence-corrected chi connectivity index (χ0v) is 22.8. The lowest BCUT2D eigenvalue weighted by Gasteiger charge is -2.42. The Morgan fingerprint density at radius 3 is 2.59 bits per heavy atom. The van der Waals surface area contributed by atoms with Crippen molar-refractivity contribution < 1.29 is 9.15 Å². The molecule has 2 aliphatic rings. The summed E-state index contributed by atoms with van der Waals surface area (Å²) in [7, 11) is 3.69. The highest BCUT2D eigenvalue weighted by molar-refractivity contribution is 5.58. The van der Waals surface area contributed by atoms with Gasteiger partial charge in [0, 0.05) is 46.2 Å². The summed E-state index contributed by atoms with van der Waals surface area (Å²) in [5, 5.41) is 8.64. The molecule has 37 heavy (non-hydrogen) atoms. The minimum absolute atomic E-state index is 0.436. The van der Waals surface area contributed by atoms with Gasteiger partial charge in [0.05, 0.1) is 25.3 Å². The van der Waals surface area contributed by atoms with Crippen LogP contribution in [0.1, 0.15) is 33.1 Å². The van der Waals surface area contributed by atoms with Crippen LogP contribution < -0.4 is 9.64 Å². The topological polar surface area (TPSA) is 72.5 Å². The summed E-state index contributed by atoms with van der Waals surface area (Å²) in [6.45, 7) is 12.4. The first kappa shape index (κ1) is 25.5. The van der Waals surface area contributed by atoms with E-state index in [1.165, 1.54) is 11.3 Å². The van der Waals surface area contributed by atoms with Crippen molar-refractivity contribution in [3.63, 3.8) is 0 Å². The average molecular weight is 505 g/mol. The quantitative estimate of drug-likeness (QED) is 0.412. The van der Waals surface area contributed by atoms with Crippen LogP contribution in [-0.2, 0) is 13.5 Å². The maximum atomic E-state index is 6.03. The van der Waals surface area contributed by atoms with E-state index >= 15 is 0 Å². The number of rotatable bonds is 8. The Balaban J connectivity index is 1.22. The molecule has 0 N–H and O–H groups in total. The molecule has 0 bridgehead atoms. The van der Waals surface area contributed by atoms with Crippen LogP contribution in [0.2, 0.25) is 0 Å². The Morgan fingerprint density at radius 1 is 1.11 bits per heavy atom. The number of hydrogen-bond acceptors (Lipinski definition) is 7. The maximum absolute atomic E-state index is 6.03. The molecule has 2 aromatic heterocycles. The van der Waals surface area contributed by atoms with Gasteiger partial charge in [0.25, 0.3) is 5.89 Å². The van der Waals surface area contributed by atoms with E-state index in [0.717, 1.165) is 57.0 Å². The first-order valence-corrected chi connectivity index (χ1v) is 13.5. The lowest BCUT2D eigenvalue weighted by molar-refractivity contribution is 0.155. The zero-order chi connectivity index (χ0) is 25.9. The van der Waals surface area contributed by atoms with Crippen LogP contribution in [0.5, 0.6) is 5.75 Å². The number of anilines is 1. The summed E-state index contributed by atoms with van der Waals surface area (Å²) in [6, 6.07) is 8.35. The molecule has 8 heteroatoms. The van der Waals surface area contributed by atoms with E-state index < -0.39 is 0 Å². The third-order valence-electron chi connectivity index (χ3n) is 8.27. The van der Waals surface area contributed by atoms with E-state index in [0.29, 0.717) is 35.5 Å². The molecule has 3 aromatic rings. The number of nitrogens with zero attached hydrogens (tertiary/aromatic N) is 6. The molecule has 0 amide bonds. The Hall–Kier alpha value is -3.13. The molecule has 1 fully saturated rings. The van der Waals surface area contributed by atoms with E-state index in [9.17, 15) is 0 Å². The Morgan fingerprint density at radius 2 is 1.89 bits per heavy atom. The Kier molecular flexibility index (Phi) is 7.65. The molecule has 0 spiro atoms. The number of aryl methyl sites for hydroxylation is 1. The standard InChI is InChI=1S/C29H40N6O2/c1-20(2)24-15-22(16-28-31-32-29(37-28)26-17-30-19-33(26)4)21(3)14-23(24)18-34-10-12-35(13-11-34)25-8-6-7-9-27(25)36-5/h6-9,14,17,19-20,22-24H,10-13,15-16,18H2,1-5H3. The summed E-state index contributed by atoms with van der Waals surface area (Å²) in [4.78, 5) is 9.26. The molecule has 1 saturated heterocycles. The summed E-state index contributed by atoms with van der Waals surface area (Å²) >= 11 is 0. The molecule has 1 aliphatic carbocycles. The van der Waals surface area contributed by atoms with Crippen LogP contribution in [0, 0.1) is 23.7 Å². The number of benzene rings is 1. The predicted octanol–water partition coefficient (Wildman–Crippen LogP) is 4.70. The lowest BCUT2D eigenvalue weighted by atomic mass is 9.69. The number of imidazole rings is 1. The number of aromatic nitrogens is 4. The van der Waals surface area contributed by atoms with E-state index in [-0.39, 0.29) is 0 Å². The second-order valence-corrected chi connectivity index (χ2v) is 11.0. The first-order valence-electron chi connectivity index (χ1n) is 13.5. The largest absolute Gasteiger partial charge is 0.495 e. The molecule has 1 aliphatic heterocycles. The number of piperazine rings is 1. The van der Waals surface area contributed by atoms with Crippen LogP contribution in [0.25, 0.3) is 11.6 Å². The SMILES string of the molecule is COc1ccccc1N1CCN(CC2C=C(C)C(Cc3nnc(-c4cncn4C)o3)CC2C(C)C)CC1. The van der Waals surface area contributed by atoms with Gasteiger partial charge in [0.2, 0.25) is 5.89 Å². The first-order chi connectivity index (χ1) is 17.9. The van der Waals surface area contributed by atoms with Crippen LogP contribution in [0.3, 0.4) is 0 Å². The fourth-order valence-electron chi connectivity index (χ4n) is 6.06. The normalized spacial score (nSPS) is 22.9. The van der Waals surface area contributed by atoms with Gasteiger partial charge in [-0.1, -0.05) is 37.6 Å². The zero-order valence-electron chi connectivity index (χ0n) is 22.8. The molecule has 8 nitrogen and oxygen atoms in total. The maximum Gasteiger partial charge on any atom is 0.265 e. The molecule has 3 heterocycles. The van der Waals surface area contributed by atoms with Crippen molar-refractivity contribution in [2.45, 2.75) is 33.6 Å². The molecule has 198 valence electrons. The molecular formula is C29H40N6O2. The highest BCUT2D eigenvalue weighted by Crippen LogP contribution is 2.39. The van der Waals surface area contributed by atoms with Gasteiger partial charge in [-0.25, -0.2) is 4.98 Å². The fraction of sp³-hybridized carbons (Fsp3) is 0.552. The number of para-hydroxylation sites is 2. The van der Waals surface area contributed by atoms with Crippen LogP contribution in [-0.4, -0.2) is 64.5 Å². The summed E-state index contributed by atoms with van der Waals surface area (Å²) in [5.74, 6) is 4.48. The van der Waals surface area contributed by atoms with Crippen LogP contribution >= 0.6 is 0 Å². The monoisotopic (exact) mass is 504 g/mol. The van der Waals surface area contributed by atoms with Crippen LogP contribution in [0.15, 0.2) is 52.9 Å².